The number of halogens is 2. The Labute approximate surface area is 161 Å². The Morgan fingerprint density at radius 1 is 1.20 bits per heavy atom. The van der Waals surface area contributed by atoms with Crippen molar-refractivity contribution in [3.05, 3.63) is 56.2 Å². The van der Waals surface area contributed by atoms with E-state index in [1.165, 1.54) is 9.78 Å². The van der Waals surface area contributed by atoms with Crippen LogP contribution in [-0.2, 0) is 16.0 Å². The molecule has 0 radical (unpaired) electrons. The van der Waals surface area contributed by atoms with Crippen molar-refractivity contribution in [3.8, 4) is 0 Å². The predicted octanol–water partition coefficient (Wildman–Crippen LogP) is 2.37. The van der Waals surface area contributed by atoms with Crippen molar-refractivity contribution in [1.82, 2.24) is 5.32 Å². The number of carbonyl (C=O) groups is 1. The molecule has 0 saturated carbocycles. The molecule has 1 aromatic carbocycles. The summed E-state index contributed by atoms with van der Waals surface area (Å²) in [6.07, 6.45) is 0.189. The van der Waals surface area contributed by atoms with Crippen LogP contribution >= 0.6 is 34.5 Å². The van der Waals surface area contributed by atoms with Gasteiger partial charge in [-0.2, -0.15) is 0 Å². The molecule has 25 heavy (non-hydrogen) atoms. The van der Waals surface area contributed by atoms with E-state index in [2.05, 4.69) is 22.8 Å². The fraction of sp³-hybridized carbons (Fsp3) is 0.389. The van der Waals surface area contributed by atoms with Gasteiger partial charge in [0.25, 0.3) is 0 Å². The van der Waals surface area contributed by atoms with Crippen LogP contribution in [0.15, 0.2) is 35.7 Å². The lowest BCUT2D eigenvalue weighted by Crippen LogP contribution is -3.15. The number of hydrogen-bond donors (Lipinski definition) is 2. The molecule has 1 saturated heterocycles. The Balaban J connectivity index is 1.63. The first-order valence-electron chi connectivity index (χ1n) is 8.30. The van der Waals surface area contributed by atoms with E-state index in [0.717, 1.165) is 26.3 Å². The number of ether oxygens (including phenoxy) is 1. The first-order valence-corrected chi connectivity index (χ1v) is 9.94. The van der Waals surface area contributed by atoms with E-state index in [1.807, 2.05) is 0 Å². The molecule has 0 bridgehead atoms. The van der Waals surface area contributed by atoms with Crippen LogP contribution in [0.25, 0.3) is 0 Å². The maximum Gasteiger partial charge on any atom is 0.224 e. The number of benzene rings is 1. The topological polar surface area (TPSA) is 42.8 Å². The number of rotatable bonds is 6. The van der Waals surface area contributed by atoms with E-state index in [1.54, 1.807) is 29.5 Å². The highest BCUT2D eigenvalue weighted by Crippen LogP contribution is 2.24. The highest BCUT2D eigenvalue weighted by Gasteiger charge is 2.27. The molecular weight excluding hydrogens is 379 g/mol. The molecule has 0 unspecified atom stereocenters. The summed E-state index contributed by atoms with van der Waals surface area (Å²) < 4.78 is 5.46. The van der Waals surface area contributed by atoms with Crippen LogP contribution in [0.4, 0.5) is 0 Å². The molecule has 4 nitrogen and oxygen atoms in total. The maximum absolute atomic E-state index is 12.4. The third-order valence-corrected chi connectivity index (χ3v) is 6.11. The molecule has 1 atom stereocenters. The zero-order valence-electron chi connectivity index (χ0n) is 13.8. The van der Waals surface area contributed by atoms with Crippen LogP contribution in [0.3, 0.4) is 0 Å². The number of morpholine rings is 1. The fourth-order valence-corrected chi connectivity index (χ4v) is 4.47. The zero-order valence-corrected chi connectivity index (χ0v) is 16.1. The predicted molar refractivity (Wildman–Crippen MR) is 102 cm³/mol. The van der Waals surface area contributed by atoms with Gasteiger partial charge in [-0.1, -0.05) is 35.3 Å². The molecule has 7 heteroatoms. The summed E-state index contributed by atoms with van der Waals surface area (Å²) in [5.74, 6) is -0.0655. The minimum absolute atomic E-state index is 0.0655. The lowest BCUT2D eigenvalue weighted by atomic mass is 10.1. The van der Waals surface area contributed by atoms with Crippen molar-refractivity contribution in [2.24, 2.45) is 0 Å². The smallest absolute Gasteiger partial charge is 0.224 e. The quantitative estimate of drug-likeness (QED) is 0.782. The summed E-state index contributed by atoms with van der Waals surface area (Å²) in [5.41, 5.74) is 0.676. The molecule has 1 fully saturated rings. The van der Waals surface area contributed by atoms with Gasteiger partial charge in [0.15, 0.2) is 0 Å². The lowest BCUT2D eigenvalue weighted by molar-refractivity contribution is -0.937. The van der Waals surface area contributed by atoms with Crippen molar-refractivity contribution in [1.29, 1.82) is 0 Å². The minimum atomic E-state index is -0.0655. The van der Waals surface area contributed by atoms with Crippen molar-refractivity contribution in [3.63, 3.8) is 0 Å². The SMILES string of the molecule is O=C(Cc1c(Cl)cccc1Cl)NC[C@@H](c1cccs1)[NH+]1CCOCC1. The molecule has 3 rings (SSSR count). The third kappa shape index (κ3) is 4.96. The summed E-state index contributed by atoms with van der Waals surface area (Å²) in [6, 6.07) is 9.72. The standard InChI is InChI=1S/C18H20Cl2N2O2S/c19-14-3-1-4-15(20)13(14)11-18(23)21-12-16(17-5-2-10-25-17)22-6-8-24-9-7-22/h1-5,10,16H,6-9,11-12H2,(H,21,23)/p+1/t16-/m0/s1. The van der Waals surface area contributed by atoms with E-state index in [9.17, 15) is 4.79 Å². The van der Waals surface area contributed by atoms with E-state index < -0.39 is 0 Å². The Hall–Kier alpha value is -1.11. The Morgan fingerprint density at radius 3 is 2.56 bits per heavy atom. The minimum Gasteiger partial charge on any atom is -0.370 e. The van der Waals surface area contributed by atoms with Crippen molar-refractivity contribution >= 4 is 40.4 Å². The van der Waals surface area contributed by atoms with Crippen LogP contribution in [0, 0.1) is 0 Å². The lowest BCUT2D eigenvalue weighted by Gasteiger charge is -2.31. The highest BCUT2D eigenvalue weighted by atomic mass is 35.5. The summed E-state index contributed by atoms with van der Waals surface area (Å²) in [5, 5.41) is 6.19. The van der Waals surface area contributed by atoms with Crippen LogP contribution in [0.5, 0.6) is 0 Å². The first kappa shape index (κ1) is 18.7. The highest BCUT2D eigenvalue weighted by molar-refractivity contribution is 7.10. The van der Waals surface area contributed by atoms with Crippen LogP contribution in [0.2, 0.25) is 10.0 Å². The Bertz CT molecular complexity index is 683. The number of carbonyl (C=O) groups excluding carboxylic acids is 1. The summed E-state index contributed by atoms with van der Waals surface area (Å²) in [7, 11) is 0. The molecule has 1 amide bonds. The van der Waals surface area contributed by atoms with Gasteiger partial charge >= 0.3 is 0 Å². The summed E-state index contributed by atoms with van der Waals surface area (Å²) in [6.45, 7) is 4.03. The average Bonchev–Trinajstić information content (AvgIpc) is 3.14. The molecule has 0 aliphatic carbocycles. The van der Waals surface area contributed by atoms with Gasteiger partial charge in [-0.3, -0.25) is 4.79 Å². The summed E-state index contributed by atoms with van der Waals surface area (Å²) >= 11 is 14.0. The number of hydrogen-bond acceptors (Lipinski definition) is 3. The molecule has 2 heterocycles. The monoisotopic (exact) mass is 399 g/mol. The van der Waals surface area contributed by atoms with Gasteiger partial charge in [0.05, 0.1) is 31.1 Å². The van der Waals surface area contributed by atoms with E-state index >= 15 is 0 Å². The van der Waals surface area contributed by atoms with Crippen LogP contribution in [-0.4, -0.2) is 38.8 Å². The van der Waals surface area contributed by atoms with E-state index in [0.29, 0.717) is 22.2 Å². The van der Waals surface area contributed by atoms with Gasteiger partial charge in [0.1, 0.15) is 19.1 Å². The second-order valence-corrected chi connectivity index (χ2v) is 7.81. The van der Waals surface area contributed by atoms with Gasteiger partial charge in [-0.05, 0) is 29.1 Å². The van der Waals surface area contributed by atoms with Gasteiger partial charge in [0, 0.05) is 10.0 Å². The van der Waals surface area contributed by atoms with Gasteiger partial charge in [-0.25, -0.2) is 0 Å². The number of nitrogens with one attached hydrogen (secondary N) is 2. The van der Waals surface area contributed by atoms with E-state index in [-0.39, 0.29) is 18.4 Å². The van der Waals surface area contributed by atoms with Gasteiger partial charge in [-0.15, -0.1) is 11.3 Å². The molecule has 0 spiro atoms. The van der Waals surface area contributed by atoms with Crippen molar-refractivity contribution < 1.29 is 14.4 Å². The van der Waals surface area contributed by atoms with E-state index in [4.69, 9.17) is 27.9 Å². The van der Waals surface area contributed by atoms with Crippen LogP contribution in [0.1, 0.15) is 16.5 Å². The number of thiophene rings is 1. The molecule has 2 aromatic rings. The summed E-state index contributed by atoms with van der Waals surface area (Å²) in [4.78, 5) is 15.1. The Kier molecular flexibility index (Phi) is 6.73. The van der Waals surface area contributed by atoms with Crippen molar-refractivity contribution in [2.45, 2.75) is 12.5 Å². The molecule has 2 N–H and O–H groups in total. The largest absolute Gasteiger partial charge is 0.370 e. The molecular formula is C18H21Cl2N2O2S+. The first-order chi connectivity index (χ1) is 12.1. The van der Waals surface area contributed by atoms with Gasteiger partial charge in [0.2, 0.25) is 5.91 Å². The molecule has 134 valence electrons. The number of amides is 1. The van der Waals surface area contributed by atoms with Gasteiger partial charge < -0.3 is 15.0 Å². The second kappa shape index (κ2) is 9.01. The van der Waals surface area contributed by atoms with Crippen LogP contribution < -0.4 is 10.2 Å². The Morgan fingerprint density at radius 2 is 1.92 bits per heavy atom. The zero-order chi connectivity index (χ0) is 17.6. The average molecular weight is 400 g/mol. The normalized spacial score (nSPS) is 16.6. The van der Waals surface area contributed by atoms with Crippen molar-refractivity contribution in [2.75, 3.05) is 32.8 Å². The molecule has 1 aromatic heterocycles. The second-order valence-electron chi connectivity index (χ2n) is 6.02. The number of quaternary nitrogens is 1. The molecule has 1 aliphatic heterocycles. The molecule has 1 aliphatic rings. The maximum atomic E-state index is 12.4. The fourth-order valence-electron chi connectivity index (χ4n) is 3.06. The third-order valence-electron chi connectivity index (χ3n) is 4.42.